The molecule has 3 rings (SSSR count). The van der Waals surface area contributed by atoms with Crippen LogP contribution in [0.2, 0.25) is 0 Å². The highest BCUT2D eigenvalue weighted by atomic mass is 16.4. The summed E-state index contributed by atoms with van der Waals surface area (Å²) in [7, 11) is 0. The number of likely N-dealkylation sites (tertiary alicyclic amines) is 1. The van der Waals surface area contributed by atoms with Crippen LogP contribution in [-0.4, -0.2) is 34.8 Å². The molecule has 0 aliphatic carbocycles. The zero-order chi connectivity index (χ0) is 14.8. The van der Waals surface area contributed by atoms with Crippen LogP contribution in [0.25, 0.3) is 10.8 Å². The average Bonchev–Trinajstić information content (AvgIpc) is 2.53. The maximum Gasteiger partial charge on any atom is 0.254 e. The lowest BCUT2D eigenvalue weighted by Gasteiger charge is -2.31. The molecule has 0 aromatic heterocycles. The molecule has 0 radical (unpaired) electrons. The first kappa shape index (κ1) is 13.6. The second kappa shape index (κ2) is 5.56. The van der Waals surface area contributed by atoms with Crippen LogP contribution in [0.15, 0.2) is 47.6 Å². The third-order valence-corrected chi connectivity index (χ3v) is 4.14. The number of fused-ring (bicyclic) bond motifs is 1. The van der Waals surface area contributed by atoms with E-state index in [0.717, 1.165) is 22.0 Å². The number of amides is 1. The lowest BCUT2D eigenvalue weighted by Crippen LogP contribution is -2.43. The lowest BCUT2D eigenvalue weighted by atomic mass is 9.96. The second-order valence-electron chi connectivity index (χ2n) is 5.52. The predicted molar refractivity (Wildman–Crippen MR) is 82.9 cm³/mol. The highest BCUT2D eigenvalue weighted by Crippen LogP contribution is 2.22. The largest absolute Gasteiger partial charge is 0.411 e. The molecule has 1 unspecified atom stereocenters. The van der Waals surface area contributed by atoms with Gasteiger partial charge >= 0.3 is 0 Å². The van der Waals surface area contributed by atoms with Crippen molar-refractivity contribution in [3.05, 3.63) is 48.0 Å². The number of hydrogen-bond donors (Lipinski definition) is 1. The molecule has 4 heteroatoms. The van der Waals surface area contributed by atoms with Gasteiger partial charge in [0.15, 0.2) is 0 Å². The van der Waals surface area contributed by atoms with Gasteiger partial charge in [0.05, 0.1) is 5.71 Å². The molecule has 1 atom stereocenters. The molecule has 1 saturated heterocycles. The zero-order valence-electron chi connectivity index (χ0n) is 12.0. The molecule has 1 heterocycles. The Morgan fingerprint density at radius 1 is 1.24 bits per heavy atom. The minimum Gasteiger partial charge on any atom is -0.411 e. The fraction of sp³-hybridized carbons (Fsp3) is 0.294. The number of carbonyl (C=O) groups is 1. The van der Waals surface area contributed by atoms with Crippen LogP contribution in [0, 0.1) is 5.92 Å². The van der Waals surface area contributed by atoms with E-state index in [9.17, 15) is 4.79 Å². The smallest absolute Gasteiger partial charge is 0.254 e. The fourth-order valence-electron chi connectivity index (χ4n) is 2.94. The molecule has 0 spiro atoms. The maximum atomic E-state index is 12.8. The molecule has 1 aliphatic rings. The number of rotatable bonds is 1. The normalized spacial score (nSPS) is 20.9. The van der Waals surface area contributed by atoms with Crippen LogP contribution in [0.3, 0.4) is 0 Å². The van der Waals surface area contributed by atoms with E-state index in [1.54, 1.807) is 0 Å². The van der Waals surface area contributed by atoms with E-state index in [2.05, 4.69) is 5.16 Å². The van der Waals surface area contributed by atoms with Crippen molar-refractivity contribution in [1.82, 2.24) is 4.90 Å². The quantitative estimate of drug-likeness (QED) is 0.645. The van der Waals surface area contributed by atoms with E-state index in [0.29, 0.717) is 19.5 Å². The van der Waals surface area contributed by atoms with E-state index in [4.69, 9.17) is 5.21 Å². The number of nitrogens with zero attached hydrogens (tertiary/aromatic N) is 2. The zero-order valence-corrected chi connectivity index (χ0v) is 12.0. The van der Waals surface area contributed by atoms with Gasteiger partial charge in [0.25, 0.3) is 5.91 Å². The van der Waals surface area contributed by atoms with Gasteiger partial charge in [-0.05, 0) is 16.8 Å². The van der Waals surface area contributed by atoms with Gasteiger partial charge in [-0.25, -0.2) is 0 Å². The van der Waals surface area contributed by atoms with Gasteiger partial charge < -0.3 is 10.1 Å². The van der Waals surface area contributed by atoms with Crippen molar-refractivity contribution in [2.45, 2.75) is 13.3 Å². The first-order chi connectivity index (χ1) is 10.2. The van der Waals surface area contributed by atoms with Gasteiger partial charge in [-0.2, -0.15) is 0 Å². The molecule has 0 bridgehead atoms. The van der Waals surface area contributed by atoms with Crippen molar-refractivity contribution in [3.63, 3.8) is 0 Å². The number of carbonyl (C=O) groups excluding carboxylic acids is 1. The molecule has 21 heavy (non-hydrogen) atoms. The van der Waals surface area contributed by atoms with Gasteiger partial charge in [-0.1, -0.05) is 48.5 Å². The van der Waals surface area contributed by atoms with Gasteiger partial charge in [0.1, 0.15) is 0 Å². The van der Waals surface area contributed by atoms with Crippen molar-refractivity contribution >= 4 is 22.4 Å². The Morgan fingerprint density at radius 2 is 2.00 bits per heavy atom. The first-order valence-corrected chi connectivity index (χ1v) is 7.18. The molecule has 1 fully saturated rings. The summed E-state index contributed by atoms with van der Waals surface area (Å²) in [6.45, 7) is 3.19. The van der Waals surface area contributed by atoms with E-state index in [1.165, 1.54) is 0 Å². The molecule has 1 N–H and O–H groups in total. The molecule has 1 amide bonds. The van der Waals surface area contributed by atoms with Crippen LogP contribution >= 0.6 is 0 Å². The summed E-state index contributed by atoms with van der Waals surface area (Å²) in [5.41, 5.74) is 1.52. The van der Waals surface area contributed by atoms with Gasteiger partial charge in [0, 0.05) is 31.0 Å². The SMILES string of the molecule is CC1CN(C(=O)c2cccc3ccccc23)CC/C1=N\O. The molecular weight excluding hydrogens is 264 g/mol. The molecule has 2 aromatic carbocycles. The highest BCUT2D eigenvalue weighted by Gasteiger charge is 2.27. The lowest BCUT2D eigenvalue weighted by molar-refractivity contribution is 0.0736. The Balaban J connectivity index is 1.91. The number of benzene rings is 2. The topological polar surface area (TPSA) is 52.9 Å². The molecular formula is C17H18N2O2. The van der Waals surface area contributed by atoms with Crippen molar-refractivity contribution in [2.75, 3.05) is 13.1 Å². The van der Waals surface area contributed by atoms with Gasteiger partial charge in [-0.3, -0.25) is 4.79 Å². The Kier molecular flexibility index (Phi) is 3.60. The minimum atomic E-state index is 0.0515. The summed E-state index contributed by atoms with van der Waals surface area (Å²) in [5, 5.41) is 14.3. The Labute approximate surface area is 123 Å². The Morgan fingerprint density at radius 3 is 2.76 bits per heavy atom. The second-order valence-corrected chi connectivity index (χ2v) is 5.52. The van der Waals surface area contributed by atoms with Crippen molar-refractivity contribution < 1.29 is 10.0 Å². The maximum absolute atomic E-state index is 12.8. The summed E-state index contributed by atoms with van der Waals surface area (Å²) in [6.07, 6.45) is 0.633. The summed E-state index contributed by atoms with van der Waals surface area (Å²) in [4.78, 5) is 14.6. The number of hydrogen-bond acceptors (Lipinski definition) is 3. The van der Waals surface area contributed by atoms with Gasteiger partial charge in [-0.15, -0.1) is 0 Å². The average molecular weight is 282 g/mol. The standard InChI is InChI=1S/C17H18N2O2/c1-12-11-19(10-9-16(12)18-21)17(20)15-8-4-6-13-5-2-3-7-14(13)15/h2-8,12,21H,9-11H2,1H3/b18-16+. The van der Waals surface area contributed by atoms with Crippen molar-refractivity contribution in [3.8, 4) is 0 Å². The highest BCUT2D eigenvalue weighted by molar-refractivity contribution is 6.07. The summed E-state index contributed by atoms with van der Waals surface area (Å²) < 4.78 is 0. The summed E-state index contributed by atoms with van der Waals surface area (Å²) >= 11 is 0. The number of oxime groups is 1. The molecule has 4 nitrogen and oxygen atoms in total. The van der Waals surface area contributed by atoms with E-state index < -0.39 is 0 Å². The monoisotopic (exact) mass is 282 g/mol. The number of piperidine rings is 1. The van der Waals surface area contributed by atoms with E-state index >= 15 is 0 Å². The van der Waals surface area contributed by atoms with Gasteiger partial charge in [0.2, 0.25) is 0 Å². The Bertz CT molecular complexity index is 704. The van der Waals surface area contributed by atoms with Crippen LogP contribution in [0.4, 0.5) is 0 Å². The van der Waals surface area contributed by atoms with Crippen molar-refractivity contribution in [1.29, 1.82) is 0 Å². The molecule has 2 aromatic rings. The van der Waals surface area contributed by atoms with Crippen LogP contribution in [0.1, 0.15) is 23.7 Å². The van der Waals surface area contributed by atoms with Crippen LogP contribution < -0.4 is 0 Å². The Hall–Kier alpha value is -2.36. The fourth-order valence-corrected chi connectivity index (χ4v) is 2.94. The van der Waals surface area contributed by atoms with Crippen LogP contribution in [-0.2, 0) is 0 Å². The van der Waals surface area contributed by atoms with E-state index in [-0.39, 0.29) is 11.8 Å². The third-order valence-electron chi connectivity index (χ3n) is 4.14. The van der Waals surface area contributed by atoms with E-state index in [1.807, 2.05) is 54.3 Å². The van der Waals surface area contributed by atoms with Crippen LogP contribution in [0.5, 0.6) is 0 Å². The minimum absolute atomic E-state index is 0.0515. The summed E-state index contributed by atoms with van der Waals surface area (Å²) in [5.74, 6) is 0.151. The summed E-state index contributed by atoms with van der Waals surface area (Å²) in [6, 6.07) is 13.7. The van der Waals surface area contributed by atoms with Crippen molar-refractivity contribution in [2.24, 2.45) is 11.1 Å². The third kappa shape index (κ3) is 2.49. The predicted octanol–water partition coefficient (Wildman–Crippen LogP) is 3.15. The molecule has 0 saturated carbocycles. The molecule has 1 aliphatic heterocycles. The first-order valence-electron chi connectivity index (χ1n) is 7.18. The molecule has 108 valence electrons.